The quantitative estimate of drug-likeness (QED) is 0.517. The van der Waals surface area contributed by atoms with E-state index in [4.69, 9.17) is 0 Å². The molecule has 1 aliphatic carbocycles. The summed E-state index contributed by atoms with van der Waals surface area (Å²) >= 11 is 1.60. The Morgan fingerprint density at radius 2 is 1.61 bits per heavy atom. The van der Waals surface area contributed by atoms with Gasteiger partial charge in [-0.15, -0.1) is 0 Å². The number of alkyl halides is 3. The summed E-state index contributed by atoms with van der Waals surface area (Å²) in [5, 5.41) is 0. The first-order valence-electron chi connectivity index (χ1n) is 13.7. The average molecular weight is 545 g/mol. The van der Waals surface area contributed by atoms with Crippen molar-refractivity contribution in [3.8, 4) is 0 Å². The largest absolute Gasteiger partial charge is 0.416 e. The van der Waals surface area contributed by atoms with Gasteiger partial charge in [0, 0.05) is 80.7 Å². The number of halogens is 3. The highest BCUT2D eigenvalue weighted by Crippen LogP contribution is 2.56. The van der Waals surface area contributed by atoms with Crippen LogP contribution in [-0.4, -0.2) is 91.1 Å². The van der Waals surface area contributed by atoms with E-state index in [2.05, 4.69) is 21.9 Å². The first-order valence-corrected chi connectivity index (χ1v) is 14.5. The van der Waals surface area contributed by atoms with Crippen LogP contribution in [0.5, 0.6) is 0 Å². The predicted molar refractivity (Wildman–Crippen MR) is 143 cm³/mol. The van der Waals surface area contributed by atoms with E-state index in [0.29, 0.717) is 6.04 Å². The molecule has 5 nitrogen and oxygen atoms in total. The van der Waals surface area contributed by atoms with Crippen LogP contribution in [-0.2, 0) is 11.6 Å². The molecule has 0 radical (unpaired) electrons. The van der Waals surface area contributed by atoms with Crippen molar-refractivity contribution in [2.45, 2.75) is 53.1 Å². The second kappa shape index (κ2) is 10.1. The first kappa shape index (κ1) is 26.0. The van der Waals surface area contributed by atoms with Crippen LogP contribution in [0.4, 0.5) is 18.0 Å². The third-order valence-electron chi connectivity index (χ3n) is 9.17. The Morgan fingerprint density at radius 3 is 2.29 bits per heavy atom. The molecule has 2 aromatic rings. The molecule has 0 atom stereocenters. The van der Waals surface area contributed by atoms with Crippen LogP contribution < -0.4 is 0 Å². The highest BCUT2D eigenvalue weighted by atomic mass is 32.2. The second-order valence-corrected chi connectivity index (χ2v) is 12.3. The Bertz CT molecular complexity index is 1190. The molecule has 3 heterocycles. The minimum absolute atomic E-state index is 0.131. The lowest BCUT2D eigenvalue weighted by Crippen LogP contribution is -2.53. The Labute approximate surface area is 226 Å². The minimum atomic E-state index is -4.34. The summed E-state index contributed by atoms with van der Waals surface area (Å²) in [5.41, 5.74) is 1.16. The van der Waals surface area contributed by atoms with Gasteiger partial charge in [0.15, 0.2) is 0 Å². The average Bonchev–Trinajstić information content (AvgIpc) is 3.24. The van der Waals surface area contributed by atoms with Gasteiger partial charge in [-0.2, -0.15) is 13.2 Å². The number of urea groups is 1. The number of nitrogens with zero attached hydrogens (tertiary/aromatic N) is 4. The topological polar surface area (TPSA) is 30.0 Å². The lowest BCUT2D eigenvalue weighted by molar-refractivity contribution is -0.137. The number of amides is 2. The van der Waals surface area contributed by atoms with Gasteiger partial charge in [0.2, 0.25) is 0 Å². The smallest absolute Gasteiger partial charge is 0.326 e. The highest BCUT2D eigenvalue weighted by Gasteiger charge is 2.46. The summed E-state index contributed by atoms with van der Waals surface area (Å²) in [7, 11) is 1.86. The SMILES string of the molecule is CN1CCN(CCN2CCN(C3CCC4(CC3)c3ccccc3Sc3ccc(C(F)(F)F)cc34)CC2)C1=O. The van der Waals surface area contributed by atoms with E-state index in [9.17, 15) is 18.0 Å². The van der Waals surface area contributed by atoms with Crippen LogP contribution in [0.25, 0.3) is 0 Å². The number of hydrogen-bond donors (Lipinski definition) is 0. The monoisotopic (exact) mass is 544 g/mol. The van der Waals surface area contributed by atoms with E-state index in [-0.39, 0.29) is 11.4 Å². The molecule has 1 saturated carbocycles. The van der Waals surface area contributed by atoms with Gasteiger partial charge in [-0.05, 0) is 61.1 Å². The van der Waals surface area contributed by atoms with Crippen LogP contribution >= 0.6 is 11.8 Å². The lowest BCUT2D eigenvalue weighted by atomic mass is 9.63. The van der Waals surface area contributed by atoms with Gasteiger partial charge in [-0.3, -0.25) is 9.80 Å². The fraction of sp³-hybridized carbons (Fsp3) is 0.552. The van der Waals surface area contributed by atoms with Crippen molar-refractivity contribution in [2.75, 3.05) is 59.4 Å². The minimum Gasteiger partial charge on any atom is -0.326 e. The molecule has 0 N–H and O–H groups in total. The van der Waals surface area contributed by atoms with Gasteiger partial charge in [0.25, 0.3) is 0 Å². The Balaban J connectivity index is 1.13. The Kier molecular flexibility index (Phi) is 6.89. The molecule has 3 fully saturated rings. The van der Waals surface area contributed by atoms with Crippen LogP contribution in [0.1, 0.15) is 42.4 Å². The molecule has 0 unspecified atom stereocenters. The third-order valence-corrected chi connectivity index (χ3v) is 10.3. The van der Waals surface area contributed by atoms with Crippen LogP contribution in [0.2, 0.25) is 0 Å². The van der Waals surface area contributed by atoms with Gasteiger partial charge in [0.05, 0.1) is 5.56 Å². The fourth-order valence-corrected chi connectivity index (χ4v) is 8.17. The van der Waals surface area contributed by atoms with E-state index in [0.717, 1.165) is 88.5 Å². The summed E-state index contributed by atoms with van der Waals surface area (Å²) in [6, 6.07) is 13.2. The number of carbonyl (C=O) groups excluding carboxylic acids is 1. The highest BCUT2D eigenvalue weighted by molar-refractivity contribution is 7.99. The molecule has 3 aliphatic heterocycles. The van der Waals surface area contributed by atoms with E-state index >= 15 is 0 Å². The van der Waals surface area contributed by atoms with Crippen molar-refractivity contribution < 1.29 is 18.0 Å². The Morgan fingerprint density at radius 1 is 0.895 bits per heavy atom. The normalized spacial score (nSPS) is 26.6. The van der Waals surface area contributed by atoms with Gasteiger partial charge < -0.3 is 9.80 Å². The zero-order chi connectivity index (χ0) is 26.5. The maximum atomic E-state index is 13.7. The second-order valence-electron chi connectivity index (χ2n) is 11.2. The summed E-state index contributed by atoms with van der Waals surface area (Å²) in [5.74, 6) is 0. The molecule has 204 valence electrons. The molecule has 38 heavy (non-hydrogen) atoms. The molecule has 4 aliphatic rings. The van der Waals surface area contributed by atoms with Crippen molar-refractivity contribution in [1.82, 2.24) is 19.6 Å². The van der Waals surface area contributed by atoms with E-state index < -0.39 is 11.7 Å². The van der Waals surface area contributed by atoms with E-state index in [1.165, 1.54) is 22.6 Å². The number of rotatable bonds is 4. The third kappa shape index (κ3) is 4.71. The van der Waals surface area contributed by atoms with Crippen LogP contribution in [0.15, 0.2) is 52.3 Å². The Hall–Kier alpha value is -2.23. The summed E-state index contributed by atoms with van der Waals surface area (Å²) in [6.45, 7) is 7.32. The van der Waals surface area contributed by atoms with Gasteiger partial charge in [-0.25, -0.2) is 4.79 Å². The molecule has 2 aromatic carbocycles. The molecule has 1 spiro atoms. The summed E-state index contributed by atoms with van der Waals surface area (Å²) in [6.07, 6.45) is -0.623. The summed E-state index contributed by atoms with van der Waals surface area (Å²) in [4.78, 5) is 23.1. The van der Waals surface area contributed by atoms with Crippen molar-refractivity contribution in [3.05, 3.63) is 59.2 Å². The number of piperazine rings is 1. The molecule has 0 aromatic heterocycles. The van der Waals surface area contributed by atoms with E-state index in [1.54, 1.807) is 22.7 Å². The summed E-state index contributed by atoms with van der Waals surface area (Å²) < 4.78 is 41.1. The molecule has 2 saturated heterocycles. The number of fused-ring (bicyclic) bond motifs is 4. The fourth-order valence-electron chi connectivity index (χ4n) is 6.91. The number of likely N-dealkylation sites (N-methyl/N-ethyl adjacent to an activating group) is 1. The molecular formula is C29H35F3N4OS. The number of carbonyl (C=O) groups is 1. The first-order chi connectivity index (χ1) is 18.2. The number of hydrogen-bond acceptors (Lipinski definition) is 4. The maximum absolute atomic E-state index is 13.7. The predicted octanol–water partition coefficient (Wildman–Crippen LogP) is 5.38. The molecular weight excluding hydrogens is 509 g/mol. The maximum Gasteiger partial charge on any atom is 0.416 e. The molecule has 2 amide bonds. The van der Waals surface area contributed by atoms with Gasteiger partial charge >= 0.3 is 12.2 Å². The van der Waals surface area contributed by atoms with Crippen molar-refractivity contribution in [2.24, 2.45) is 0 Å². The van der Waals surface area contributed by atoms with Crippen molar-refractivity contribution in [3.63, 3.8) is 0 Å². The van der Waals surface area contributed by atoms with Gasteiger partial charge in [-0.1, -0.05) is 30.0 Å². The number of benzene rings is 2. The van der Waals surface area contributed by atoms with Crippen molar-refractivity contribution >= 4 is 17.8 Å². The van der Waals surface area contributed by atoms with Crippen molar-refractivity contribution in [1.29, 1.82) is 0 Å². The van der Waals surface area contributed by atoms with E-state index in [1.807, 2.05) is 24.1 Å². The zero-order valence-electron chi connectivity index (χ0n) is 21.8. The lowest BCUT2D eigenvalue weighted by Gasteiger charge is -2.48. The standard InChI is InChI=1S/C29H35F3N4OS/c1-33-12-16-36(27(33)37)19-15-34-13-17-35(18-14-34)22-8-10-28(11-9-22)23-4-2-3-5-25(23)38-26-7-6-21(20-24(26)28)29(30,31)32/h2-7,20,22H,8-19H2,1H3. The van der Waals surface area contributed by atoms with Gasteiger partial charge in [0.1, 0.15) is 0 Å². The molecule has 6 rings (SSSR count). The molecule has 9 heteroatoms. The van der Waals surface area contributed by atoms with Crippen LogP contribution in [0.3, 0.4) is 0 Å². The van der Waals surface area contributed by atoms with Crippen LogP contribution in [0, 0.1) is 0 Å². The molecule has 0 bridgehead atoms. The zero-order valence-corrected chi connectivity index (χ0v) is 22.7.